The zero-order chi connectivity index (χ0) is 25.8. The van der Waals surface area contributed by atoms with E-state index in [2.05, 4.69) is 36.1 Å². The van der Waals surface area contributed by atoms with Crippen LogP contribution in [0.15, 0.2) is 68.7 Å². The fourth-order valence-corrected chi connectivity index (χ4v) is 3.45. The number of carboxylic acids is 1. The second-order valence-electron chi connectivity index (χ2n) is 7.45. The molecule has 5 aromatic rings. The van der Waals surface area contributed by atoms with E-state index in [4.69, 9.17) is 18.5 Å². The van der Waals surface area contributed by atoms with Crippen molar-refractivity contribution in [3.63, 3.8) is 0 Å². The highest BCUT2D eigenvalue weighted by molar-refractivity contribution is 5.95. The van der Waals surface area contributed by atoms with E-state index in [0.717, 1.165) is 0 Å². The van der Waals surface area contributed by atoms with Crippen molar-refractivity contribution >= 4 is 40.8 Å². The quantitative estimate of drug-likeness (QED) is 0.195. The average Bonchev–Trinajstić information content (AvgIpc) is 3.58. The molecule has 13 nitrogen and oxygen atoms in total. The van der Waals surface area contributed by atoms with Crippen molar-refractivity contribution in [2.45, 2.75) is 0 Å². The molecule has 0 aliphatic heterocycles. The maximum absolute atomic E-state index is 11.5. The first kappa shape index (κ1) is 23.3. The Balaban J connectivity index is 1.41. The minimum Gasteiger partial charge on any atom is -0.497 e. The van der Waals surface area contributed by atoms with Gasteiger partial charge < -0.3 is 24.3 Å². The first-order valence-electron chi connectivity index (χ1n) is 10.8. The van der Waals surface area contributed by atoms with Gasteiger partial charge in [0, 0.05) is 11.6 Å². The van der Waals surface area contributed by atoms with Crippen molar-refractivity contribution in [2.24, 2.45) is 5.10 Å². The predicted molar refractivity (Wildman–Crippen MR) is 133 cm³/mol. The van der Waals surface area contributed by atoms with Crippen LogP contribution in [0.4, 0.5) is 17.3 Å². The van der Waals surface area contributed by atoms with Crippen LogP contribution in [0.3, 0.4) is 0 Å². The van der Waals surface area contributed by atoms with Crippen molar-refractivity contribution < 1.29 is 28.4 Å². The topological polar surface area (TPSA) is 170 Å². The lowest BCUT2D eigenvalue weighted by Gasteiger charge is -2.13. The van der Waals surface area contributed by atoms with Crippen LogP contribution in [0.2, 0.25) is 0 Å². The number of aromatic nitrogens is 4. The highest BCUT2D eigenvalue weighted by Gasteiger charge is 2.16. The van der Waals surface area contributed by atoms with Gasteiger partial charge in [-0.3, -0.25) is 5.43 Å². The number of methoxy groups -OCH3 is 2. The third-order valence-electron chi connectivity index (χ3n) is 5.19. The molecule has 0 aliphatic rings. The Morgan fingerprint density at radius 2 is 1.78 bits per heavy atom. The lowest BCUT2D eigenvalue weighted by Crippen LogP contribution is -2.04. The molecule has 3 aromatic heterocycles. The summed E-state index contributed by atoms with van der Waals surface area (Å²) in [6.07, 6.45) is 1.41. The third-order valence-corrected chi connectivity index (χ3v) is 5.19. The number of carbonyl (C=O) groups is 1. The summed E-state index contributed by atoms with van der Waals surface area (Å²) < 4.78 is 21.2. The van der Waals surface area contributed by atoms with Crippen LogP contribution >= 0.6 is 0 Å². The van der Waals surface area contributed by atoms with Crippen molar-refractivity contribution in [3.05, 3.63) is 65.9 Å². The molecule has 0 atom stereocenters. The summed E-state index contributed by atoms with van der Waals surface area (Å²) in [5.74, 6) is 1.35. The average molecular weight is 501 g/mol. The molecule has 0 bridgehead atoms. The van der Waals surface area contributed by atoms with Crippen LogP contribution in [0.25, 0.3) is 22.6 Å². The van der Waals surface area contributed by atoms with E-state index in [-0.39, 0.29) is 28.5 Å². The maximum Gasteiger partial charge on any atom is 0.336 e. The number of hydrazone groups is 1. The first-order chi connectivity index (χ1) is 18.1. The molecule has 0 unspecified atom stereocenters. The third kappa shape index (κ3) is 4.86. The molecule has 3 N–H and O–H groups in total. The number of ether oxygens (including phenoxy) is 2. The summed E-state index contributed by atoms with van der Waals surface area (Å²) in [5.41, 5.74) is 4.31. The van der Waals surface area contributed by atoms with Crippen LogP contribution in [-0.4, -0.2) is 51.8 Å². The zero-order valence-electron chi connectivity index (χ0n) is 19.5. The maximum atomic E-state index is 11.5. The van der Waals surface area contributed by atoms with Crippen LogP contribution in [-0.2, 0) is 0 Å². The Bertz CT molecular complexity index is 1610. The summed E-state index contributed by atoms with van der Waals surface area (Å²) in [7, 11) is 3.10. The van der Waals surface area contributed by atoms with Gasteiger partial charge in [-0.1, -0.05) is 18.2 Å². The monoisotopic (exact) mass is 501 g/mol. The number of nitrogens with one attached hydrogen (secondary N) is 2. The Labute approximate surface area is 208 Å². The number of fused-ring (bicyclic) bond motifs is 1. The second kappa shape index (κ2) is 10.0. The van der Waals surface area contributed by atoms with E-state index in [9.17, 15) is 9.90 Å². The Hall–Kier alpha value is -5.46. The molecule has 13 heteroatoms. The minimum absolute atomic E-state index is 0.131. The molecule has 0 spiro atoms. The van der Waals surface area contributed by atoms with E-state index in [1.807, 2.05) is 0 Å². The largest absolute Gasteiger partial charge is 0.497 e. The van der Waals surface area contributed by atoms with Crippen LogP contribution in [0.5, 0.6) is 11.5 Å². The van der Waals surface area contributed by atoms with E-state index < -0.39 is 5.97 Å². The second-order valence-corrected chi connectivity index (χ2v) is 7.45. The van der Waals surface area contributed by atoms with Gasteiger partial charge in [0.15, 0.2) is 11.6 Å². The van der Waals surface area contributed by atoms with E-state index >= 15 is 0 Å². The molecule has 0 amide bonds. The molecular weight excluding hydrogens is 482 g/mol. The normalized spacial score (nSPS) is 11.1. The van der Waals surface area contributed by atoms with Gasteiger partial charge in [-0.2, -0.15) is 10.1 Å². The molecule has 5 rings (SSSR count). The standard InChI is InChI=1S/C24H19N7O6/c1-34-13-7-10-19(35-2)17(11-13)26-20-21(28-23-22(27-20)30-37-31-23)29-25-12-14-8-9-18(36-14)15-5-3-4-6-16(15)24(32)33/h3-12H,1-2H3,(H,32,33)(H,26,27,30)(H,28,29,31)/b25-12-. The number of aromatic carboxylic acids is 1. The summed E-state index contributed by atoms with van der Waals surface area (Å²) in [5, 5.41) is 24.2. The number of hydrogen-bond donors (Lipinski definition) is 3. The van der Waals surface area contributed by atoms with Crippen molar-refractivity contribution in [3.8, 4) is 22.8 Å². The van der Waals surface area contributed by atoms with Gasteiger partial charge in [0.1, 0.15) is 23.0 Å². The highest BCUT2D eigenvalue weighted by Crippen LogP contribution is 2.33. The molecule has 0 radical (unpaired) electrons. The van der Waals surface area contributed by atoms with E-state index in [0.29, 0.717) is 34.3 Å². The number of carboxylic acid groups (broad SMARTS) is 1. The molecule has 2 aromatic carbocycles. The van der Waals surface area contributed by atoms with Crippen molar-refractivity contribution in [2.75, 3.05) is 25.0 Å². The summed E-state index contributed by atoms with van der Waals surface area (Å²) in [6.45, 7) is 0. The van der Waals surface area contributed by atoms with Crippen molar-refractivity contribution in [1.82, 2.24) is 20.3 Å². The van der Waals surface area contributed by atoms with Gasteiger partial charge in [-0.25, -0.2) is 14.4 Å². The molecule has 3 heterocycles. The fraction of sp³-hybridized carbons (Fsp3) is 0.0833. The molecule has 0 aliphatic carbocycles. The number of furan rings is 1. The molecule has 186 valence electrons. The summed E-state index contributed by atoms with van der Waals surface area (Å²) in [4.78, 5) is 20.3. The fourth-order valence-electron chi connectivity index (χ4n) is 3.45. The van der Waals surface area contributed by atoms with Gasteiger partial charge in [-0.15, -0.1) is 0 Å². The lowest BCUT2D eigenvalue weighted by atomic mass is 10.1. The number of rotatable bonds is 9. The van der Waals surface area contributed by atoms with E-state index in [1.165, 1.54) is 12.3 Å². The zero-order valence-corrected chi connectivity index (χ0v) is 19.5. The number of nitrogens with zero attached hydrogens (tertiary/aromatic N) is 5. The number of benzene rings is 2. The Kier molecular flexibility index (Phi) is 6.31. The molecule has 0 saturated carbocycles. The smallest absolute Gasteiger partial charge is 0.336 e. The SMILES string of the molecule is COc1ccc(OC)c(Nc2nc3nonc3nc2N/N=C\c2ccc(-c3ccccc3C(=O)O)o2)c1. The molecule has 0 saturated heterocycles. The summed E-state index contributed by atoms with van der Waals surface area (Å²) >= 11 is 0. The first-order valence-corrected chi connectivity index (χ1v) is 10.8. The van der Waals surface area contributed by atoms with Crippen LogP contribution in [0.1, 0.15) is 16.1 Å². The molecule has 0 fully saturated rings. The number of hydrogen-bond acceptors (Lipinski definition) is 12. The van der Waals surface area contributed by atoms with Gasteiger partial charge in [0.05, 0.1) is 31.7 Å². The van der Waals surface area contributed by atoms with Gasteiger partial charge in [0.25, 0.3) is 0 Å². The van der Waals surface area contributed by atoms with Crippen molar-refractivity contribution in [1.29, 1.82) is 0 Å². The molecular formula is C24H19N7O6. The van der Waals surface area contributed by atoms with Crippen LogP contribution < -0.4 is 20.2 Å². The number of anilines is 3. The van der Waals surface area contributed by atoms with Gasteiger partial charge in [-0.05, 0) is 40.6 Å². The van der Waals surface area contributed by atoms with E-state index in [1.54, 1.807) is 62.8 Å². The van der Waals surface area contributed by atoms with Crippen LogP contribution in [0, 0.1) is 0 Å². The highest BCUT2D eigenvalue weighted by atomic mass is 16.6. The van der Waals surface area contributed by atoms with Gasteiger partial charge in [0.2, 0.25) is 11.3 Å². The Morgan fingerprint density at radius 1 is 1.00 bits per heavy atom. The Morgan fingerprint density at radius 3 is 2.54 bits per heavy atom. The predicted octanol–water partition coefficient (Wildman–Crippen LogP) is 4.18. The lowest BCUT2D eigenvalue weighted by molar-refractivity contribution is 0.0697. The minimum atomic E-state index is -1.05. The van der Waals surface area contributed by atoms with Gasteiger partial charge >= 0.3 is 5.97 Å². The molecule has 37 heavy (non-hydrogen) atoms. The summed E-state index contributed by atoms with van der Waals surface area (Å²) in [6, 6.07) is 15.1.